The molecule has 0 spiro atoms. The van der Waals surface area contributed by atoms with Crippen LogP contribution in [0.25, 0.3) is 0 Å². The number of alkyl halides is 1. The van der Waals surface area contributed by atoms with Gasteiger partial charge in [0.15, 0.2) is 0 Å². The average molecular weight is 313 g/mol. The number of halogens is 1. The van der Waals surface area contributed by atoms with Crippen LogP contribution >= 0.6 is 15.9 Å². The second-order valence-corrected chi connectivity index (χ2v) is 6.05. The topological polar surface area (TPSA) is 18.5 Å². The third-order valence-corrected chi connectivity index (χ3v) is 4.92. The molecule has 0 aliphatic carbocycles. The van der Waals surface area contributed by atoms with E-state index in [1.165, 1.54) is 27.8 Å². The van der Waals surface area contributed by atoms with Crippen LogP contribution in [0.1, 0.15) is 32.6 Å². The predicted molar refractivity (Wildman–Crippen MR) is 77.6 cm³/mol. The molecule has 3 heteroatoms. The SMILES string of the molecule is Cc1cc(C)c(C)c(C(Br)C2COCCO2)c1C. The molecule has 1 fully saturated rings. The number of rotatable bonds is 2. The van der Waals surface area contributed by atoms with Gasteiger partial charge < -0.3 is 9.47 Å². The Labute approximate surface area is 118 Å². The molecule has 0 amide bonds. The summed E-state index contributed by atoms with van der Waals surface area (Å²) >= 11 is 3.81. The highest BCUT2D eigenvalue weighted by Crippen LogP contribution is 2.36. The zero-order valence-corrected chi connectivity index (χ0v) is 13.1. The standard InChI is InChI=1S/C15H21BrO2/c1-9-7-10(2)12(4)14(11(9)3)15(16)13-8-17-5-6-18-13/h7,13,15H,5-6,8H2,1-4H3. The van der Waals surface area contributed by atoms with Gasteiger partial charge in [0, 0.05) is 0 Å². The van der Waals surface area contributed by atoms with Crippen molar-refractivity contribution >= 4 is 15.9 Å². The minimum atomic E-state index is 0.109. The molecule has 2 rings (SSSR count). The van der Waals surface area contributed by atoms with Crippen LogP contribution < -0.4 is 0 Å². The van der Waals surface area contributed by atoms with Crippen LogP contribution in [-0.2, 0) is 9.47 Å². The molecule has 18 heavy (non-hydrogen) atoms. The molecule has 1 aromatic carbocycles. The van der Waals surface area contributed by atoms with Crippen LogP contribution in [0.2, 0.25) is 0 Å². The average Bonchev–Trinajstić information content (AvgIpc) is 2.37. The van der Waals surface area contributed by atoms with Gasteiger partial charge in [0.1, 0.15) is 0 Å². The van der Waals surface area contributed by atoms with Gasteiger partial charge in [-0.2, -0.15) is 0 Å². The van der Waals surface area contributed by atoms with Crippen LogP contribution in [0.15, 0.2) is 6.07 Å². The maximum absolute atomic E-state index is 5.81. The largest absolute Gasteiger partial charge is 0.376 e. The first-order valence-corrected chi connectivity index (χ1v) is 7.34. The first kappa shape index (κ1) is 14.0. The summed E-state index contributed by atoms with van der Waals surface area (Å²) in [4.78, 5) is 0.205. The van der Waals surface area contributed by atoms with Crippen molar-refractivity contribution in [2.75, 3.05) is 19.8 Å². The Kier molecular flexibility index (Phi) is 4.46. The molecule has 100 valence electrons. The van der Waals surface area contributed by atoms with E-state index in [2.05, 4.69) is 49.7 Å². The van der Waals surface area contributed by atoms with E-state index < -0.39 is 0 Å². The molecule has 1 heterocycles. The first-order valence-electron chi connectivity index (χ1n) is 6.43. The lowest BCUT2D eigenvalue weighted by Gasteiger charge is -2.30. The zero-order valence-electron chi connectivity index (χ0n) is 11.5. The summed E-state index contributed by atoms with van der Waals surface area (Å²) in [5.74, 6) is 0. The molecule has 2 atom stereocenters. The van der Waals surface area contributed by atoms with Crippen LogP contribution in [-0.4, -0.2) is 25.9 Å². The highest BCUT2D eigenvalue weighted by atomic mass is 79.9. The molecule has 1 aliphatic heterocycles. The minimum absolute atomic E-state index is 0.109. The van der Waals surface area contributed by atoms with Crippen molar-refractivity contribution in [1.29, 1.82) is 0 Å². The Morgan fingerprint density at radius 3 is 2.22 bits per heavy atom. The molecule has 0 saturated carbocycles. The summed E-state index contributed by atoms with van der Waals surface area (Å²) in [5, 5.41) is 0. The monoisotopic (exact) mass is 312 g/mol. The zero-order chi connectivity index (χ0) is 13.3. The summed E-state index contributed by atoms with van der Waals surface area (Å²) in [7, 11) is 0. The fraction of sp³-hybridized carbons (Fsp3) is 0.600. The summed E-state index contributed by atoms with van der Waals surface area (Å²) in [5.41, 5.74) is 6.76. The van der Waals surface area contributed by atoms with Crippen LogP contribution in [0, 0.1) is 27.7 Å². The predicted octanol–water partition coefficient (Wildman–Crippen LogP) is 3.77. The Morgan fingerprint density at radius 1 is 1.11 bits per heavy atom. The molecular formula is C15H21BrO2. The number of hydrogen-bond acceptors (Lipinski definition) is 2. The van der Waals surface area contributed by atoms with Gasteiger partial charge in [-0.25, -0.2) is 0 Å². The van der Waals surface area contributed by atoms with Crippen molar-refractivity contribution in [3.05, 3.63) is 33.9 Å². The third-order valence-electron chi connectivity index (χ3n) is 3.87. The second kappa shape index (κ2) is 5.72. The van der Waals surface area contributed by atoms with Gasteiger partial charge in [0.2, 0.25) is 0 Å². The van der Waals surface area contributed by atoms with E-state index in [0.29, 0.717) is 19.8 Å². The maximum Gasteiger partial charge on any atom is 0.0975 e. The molecule has 0 radical (unpaired) electrons. The summed E-state index contributed by atoms with van der Waals surface area (Å²) in [6.07, 6.45) is 0.109. The summed E-state index contributed by atoms with van der Waals surface area (Å²) in [6, 6.07) is 2.26. The van der Waals surface area contributed by atoms with Gasteiger partial charge in [-0.1, -0.05) is 22.0 Å². The summed E-state index contributed by atoms with van der Waals surface area (Å²) < 4.78 is 11.3. The smallest absolute Gasteiger partial charge is 0.0975 e. The number of ether oxygens (including phenoxy) is 2. The van der Waals surface area contributed by atoms with E-state index in [0.717, 1.165) is 0 Å². The Balaban J connectivity index is 2.37. The van der Waals surface area contributed by atoms with Crippen LogP contribution in [0.5, 0.6) is 0 Å². The molecule has 1 aromatic rings. The number of aryl methyl sites for hydroxylation is 2. The quantitative estimate of drug-likeness (QED) is 0.774. The van der Waals surface area contributed by atoms with Gasteiger partial charge in [-0.15, -0.1) is 0 Å². The highest BCUT2D eigenvalue weighted by Gasteiger charge is 2.27. The first-order chi connectivity index (χ1) is 8.52. The lowest BCUT2D eigenvalue weighted by molar-refractivity contribution is -0.0877. The highest BCUT2D eigenvalue weighted by molar-refractivity contribution is 9.09. The fourth-order valence-electron chi connectivity index (χ4n) is 2.52. The lowest BCUT2D eigenvalue weighted by atomic mass is 9.91. The second-order valence-electron chi connectivity index (χ2n) is 5.06. The van der Waals surface area contributed by atoms with Gasteiger partial charge in [0.05, 0.1) is 30.8 Å². The van der Waals surface area contributed by atoms with Crippen molar-refractivity contribution < 1.29 is 9.47 Å². The van der Waals surface area contributed by atoms with Gasteiger partial charge in [0.25, 0.3) is 0 Å². The van der Waals surface area contributed by atoms with Crippen molar-refractivity contribution in [3.8, 4) is 0 Å². The molecule has 0 N–H and O–H groups in total. The van der Waals surface area contributed by atoms with E-state index in [1.54, 1.807) is 0 Å². The summed E-state index contributed by atoms with van der Waals surface area (Å²) in [6.45, 7) is 10.8. The fourth-order valence-corrected chi connectivity index (χ4v) is 3.51. The van der Waals surface area contributed by atoms with Crippen LogP contribution in [0.4, 0.5) is 0 Å². The van der Waals surface area contributed by atoms with E-state index in [1.807, 2.05) is 0 Å². The van der Waals surface area contributed by atoms with E-state index in [9.17, 15) is 0 Å². The van der Waals surface area contributed by atoms with E-state index in [4.69, 9.17) is 9.47 Å². The molecule has 2 nitrogen and oxygen atoms in total. The Hall–Kier alpha value is -0.380. The molecule has 0 bridgehead atoms. The van der Waals surface area contributed by atoms with E-state index >= 15 is 0 Å². The van der Waals surface area contributed by atoms with Crippen molar-refractivity contribution in [2.24, 2.45) is 0 Å². The van der Waals surface area contributed by atoms with Gasteiger partial charge in [-0.3, -0.25) is 0 Å². The molecule has 0 aromatic heterocycles. The van der Waals surface area contributed by atoms with E-state index in [-0.39, 0.29) is 10.9 Å². The Morgan fingerprint density at radius 2 is 1.72 bits per heavy atom. The van der Waals surface area contributed by atoms with Gasteiger partial charge in [-0.05, 0) is 55.5 Å². The third kappa shape index (κ3) is 2.63. The lowest BCUT2D eigenvalue weighted by Crippen LogP contribution is -2.32. The molecule has 2 unspecified atom stereocenters. The number of hydrogen-bond donors (Lipinski definition) is 0. The normalized spacial score (nSPS) is 21.9. The number of benzene rings is 1. The van der Waals surface area contributed by atoms with Crippen molar-refractivity contribution in [2.45, 2.75) is 38.6 Å². The van der Waals surface area contributed by atoms with Crippen LogP contribution in [0.3, 0.4) is 0 Å². The van der Waals surface area contributed by atoms with Gasteiger partial charge >= 0.3 is 0 Å². The Bertz CT molecular complexity index is 410. The van der Waals surface area contributed by atoms with Crippen molar-refractivity contribution in [3.63, 3.8) is 0 Å². The van der Waals surface area contributed by atoms with Crippen molar-refractivity contribution in [1.82, 2.24) is 0 Å². The molecule has 1 saturated heterocycles. The molecule has 1 aliphatic rings. The maximum atomic E-state index is 5.81. The molecular weight excluding hydrogens is 292 g/mol. The minimum Gasteiger partial charge on any atom is -0.376 e.